The predicted molar refractivity (Wildman–Crippen MR) is 105 cm³/mol. The van der Waals surface area contributed by atoms with Crippen LogP contribution in [0.25, 0.3) is 0 Å². The normalized spacial score (nSPS) is 22.6. The highest BCUT2D eigenvalue weighted by molar-refractivity contribution is 6.00. The molecule has 2 aliphatic heterocycles. The van der Waals surface area contributed by atoms with Crippen LogP contribution in [0.1, 0.15) is 13.3 Å². The van der Waals surface area contributed by atoms with Gasteiger partial charge < -0.3 is 19.4 Å². The second-order valence-electron chi connectivity index (χ2n) is 7.39. The Hall–Kier alpha value is -2.12. The first-order valence-electron chi connectivity index (χ1n) is 9.65. The van der Waals surface area contributed by atoms with Crippen molar-refractivity contribution in [2.45, 2.75) is 19.4 Å². The molecule has 2 amide bonds. The first-order chi connectivity index (χ1) is 13.0. The van der Waals surface area contributed by atoms with Crippen molar-refractivity contribution in [2.75, 3.05) is 64.9 Å². The molecule has 1 aromatic carbocycles. The van der Waals surface area contributed by atoms with E-state index in [2.05, 4.69) is 16.8 Å². The van der Waals surface area contributed by atoms with Crippen LogP contribution in [0.15, 0.2) is 24.3 Å². The minimum atomic E-state index is -0.452. The van der Waals surface area contributed by atoms with Crippen LogP contribution in [0.4, 0.5) is 5.69 Å². The van der Waals surface area contributed by atoms with Gasteiger partial charge in [0.15, 0.2) is 0 Å². The minimum Gasteiger partial charge on any atom is -0.497 e. The third-order valence-electron chi connectivity index (χ3n) is 5.51. The lowest BCUT2D eigenvalue weighted by Gasteiger charge is -2.40. The molecule has 0 N–H and O–H groups in total. The van der Waals surface area contributed by atoms with Crippen LogP contribution in [0.3, 0.4) is 0 Å². The number of likely N-dealkylation sites (N-methyl/N-ethyl adjacent to an activating group) is 1. The molecule has 0 saturated carbocycles. The topological polar surface area (TPSA) is 56.3 Å². The summed E-state index contributed by atoms with van der Waals surface area (Å²) in [4.78, 5) is 33.7. The summed E-state index contributed by atoms with van der Waals surface area (Å²) in [5.74, 6) is 0.724. The number of ether oxygens (including phenoxy) is 1. The molecule has 2 heterocycles. The molecule has 0 bridgehead atoms. The smallest absolute Gasteiger partial charge is 0.249 e. The number of hydrogen-bond donors (Lipinski definition) is 0. The van der Waals surface area contributed by atoms with E-state index < -0.39 is 6.04 Å². The molecular formula is C20H30N4O3. The van der Waals surface area contributed by atoms with Gasteiger partial charge >= 0.3 is 0 Å². The summed E-state index contributed by atoms with van der Waals surface area (Å²) in [6.45, 7) is 7.15. The summed E-state index contributed by atoms with van der Waals surface area (Å²) in [7, 11) is 3.73. The van der Waals surface area contributed by atoms with E-state index in [1.54, 1.807) is 16.9 Å². The van der Waals surface area contributed by atoms with Gasteiger partial charge in [-0.3, -0.25) is 14.5 Å². The maximum absolute atomic E-state index is 12.9. The summed E-state index contributed by atoms with van der Waals surface area (Å²) in [6, 6.07) is 7.04. The number of rotatable bonds is 4. The van der Waals surface area contributed by atoms with Crippen molar-refractivity contribution in [3.63, 3.8) is 0 Å². The lowest BCUT2D eigenvalue weighted by molar-refractivity contribution is -0.141. The second-order valence-corrected chi connectivity index (χ2v) is 7.39. The molecule has 0 aliphatic carbocycles. The molecule has 0 radical (unpaired) electrons. The van der Waals surface area contributed by atoms with Gasteiger partial charge in [-0.2, -0.15) is 0 Å². The molecule has 27 heavy (non-hydrogen) atoms. The largest absolute Gasteiger partial charge is 0.497 e. The predicted octanol–water partition coefficient (Wildman–Crippen LogP) is 0.896. The number of nitrogens with zero attached hydrogens (tertiary/aromatic N) is 4. The van der Waals surface area contributed by atoms with E-state index in [1.165, 1.54) is 0 Å². The van der Waals surface area contributed by atoms with Gasteiger partial charge in [-0.25, -0.2) is 0 Å². The van der Waals surface area contributed by atoms with E-state index in [0.29, 0.717) is 19.6 Å². The first kappa shape index (κ1) is 19.6. The third kappa shape index (κ3) is 4.59. The zero-order valence-electron chi connectivity index (χ0n) is 16.6. The monoisotopic (exact) mass is 374 g/mol. The number of amides is 2. The zero-order chi connectivity index (χ0) is 19.4. The van der Waals surface area contributed by atoms with E-state index in [4.69, 9.17) is 4.74 Å². The van der Waals surface area contributed by atoms with Crippen molar-refractivity contribution < 1.29 is 14.3 Å². The maximum atomic E-state index is 12.9. The molecule has 2 saturated heterocycles. The lowest BCUT2D eigenvalue weighted by Crippen LogP contribution is -2.59. The molecule has 7 nitrogen and oxygen atoms in total. The summed E-state index contributed by atoms with van der Waals surface area (Å²) in [6.07, 6.45) is 1.07. The van der Waals surface area contributed by atoms with Crippen molar-refractivity contribution in [1.29, 1.82) is 0 Å². The number of carbonyl (C=O) groups is 2. The van der Waals surface area contributed by atoms with Crippen molar-refractivity contribution in [3.8, 4) is 5.75 Å². The fraction of sp³-hybridized carbons (Fsp3) is 0.600. The summed E-state index contributed by atoms with van der Waals surface area (Å²) in [5.41, 5.74) is 0.814. The number of methoxy groups -OCH3 is 1. The van der Waals surface area contributed by atoms with Gasteiger partial charge in [0.2, 0.25) is 11.8 Å². The minimum absolute atomic E-state index is 0.0431. The van der Waals surface area contributed by atoms with Gasteiger partial charge in [0.05, 0.1) is 13.7 Å². The van der Waals surface area contributed by atoms with Crippen LogP contribution in [0.5, 0.6) is 5.75 Å². The van der Waals surface area contributed by atoms with Crippen molar-refractivity contribution in [3.05, 3.63) is 24.3 Å². The highest BCUT2D eigenvalue weighted by Gasteiger charge is 2.35. The zero-order valence-corrected chi connectivity index (χ0v) is 16.6. The molecule has 148 valence electrons. The third-order valence-corrected chi connectivity index (χ3v) is 5.51. The SMILES string of the molecule is COc1cccc(N2CCN(C(=O)CN3CCCN(C)CC3)[C@@H](C)C2=O)c1. The molecule has 0 aromatic heterocycles. The Balaban J connectivity index is 1.62. The van der Waals surface area contributed by atoms with Crippen LogP contribution in [-0.2, 0) is 9.59 Å². The first-order valence-corrected chi connectivity index (χ1v) is 9.65. The molecule has 7 heteroatoms. The fourth-order valence-electron chi connectivity index (χ4n) is 3.79. The van der Waals surface area contributed by atoms with Gasteiger partial charge in [0.25, 0.3) is 0 Å². The molecule has 0 unspecified atom stereocenters. The number of piperazine rings is 1. The summed E-state index contributed by atoms with van der Waals surface area (Å²) >= 11 is 0. The van der Waals surface area contributed by atoms with E-state index in [1.807, 2.05) is 31.2 Å². The molecule has 2 fully saturated rings. The summed E-state index contributed by atoms with van der Waals surface area (Å²) < 4.78 is 5.26. The van der Waals surface area contributed by atoms with Gasteiger partial charge in [0, 0.05) is 37.9 Å². The molecule has 1 aromatic rings. The number of benzene rings is 1. The number of carbonyl (C=O) groups excluding carboxylic acids is 2. The Morgan fingerprint density at radius 1 is 1.15 bits per heavy atom. The van der Waals surface area contributed by atoms with Crippen LogP contribution < -0.4 is 9.64 Å². The van der Waals surface area contributed by atoms with E-state index >= 15 is 0 Å². The average molecular weight is 374 g/mol. The Labute approximate surface area is 161 Å². The quantitative estimate of drug-likeness (QED) is 0.784. The second kappa shape index (κ2) is 8.71. The van der Waals surface area contributed by atoms with Gasteiger partial charge in [-0.1, -0.05) is 6.07 Å². The van der Waals surface area contributed by atoms with E-state index in [-0.39, 0.29) is 11.8 Å². The van der Waals surface area contributed by atoms with Gasteiger partial charge in [-0.15, -0.1) is 0 Å². The number of hydrogen-bond acceptors (Lipinski definition) is 5. The maximum Gasteiger partial charge on any atom is 0.249 e. The Bertz CT molecular complexity index is 681. The van der Waals surface area contributed by atoms with Crippen LogP contribution in [-0.4, -0.2) is 92.5 Å². The highest BCUT2D eigenvalue weighted by Crippen LogP contribution is 2.24. The van der Waals surface area contributed by atoms with E-state index in [9.17, 15) is 9.59 Å². The van der Waals surface area contributed by atoms with Crippen LogP contribution >= 0.6 is 0 Å². The molecule has 0 spiro atoms. The van der Waals surface area contributed by atoms with E-state index in [0.717, 1.165) is 44.0 Å². The van der Waals surface area contributed by atoms with Crippen molar-refractivity contribution in [1.82, 2.24) is 14.7 Å². The Morgan fingerprint density at radius 3 is 2.74 bits per heavy atom. The summed E-state index contributed by atoms with van der Waals surface area (Å²) in [5, 5.41) is 0. The molecule has 3 rings (SSSR count). The van der Waals surface area contributed by atoms with Gasteiger partial charge in [-0.05, 0) is 45.6 Å². The Kier molecular flexibility index (Phi) is 6.34. The van der Waals surface area contributed by atoms with Gasteiger partial charge in [0.1, 0.15) is 11.8 Å². The standard InChI is InChI=1S/C20H30N4O3/c1-16-20(26)24(17-6-4-7-18(14-17)27-3)13-12-23(16)19(25)15-22-9-5-8-21(2)10-11-22/h4,6-7,14,16H,5,8-13,15H2,1-3H3/t16-/m0/s1. The van der Waals surface area contributed by atoms with Crippen LogP contribution in [0.2, 0.25) is 0 Å². The van der Waals surface area contributed by atoms with Crippen LogP contribution in [0, 0.1) is 0 Å². The van der Waals surface area contributed by atoms with Crippen molar-refractivity contribution in [2.24, 2.45) is 0 Å². The highest BCUT2D eigenvalue weighted by atomic mass is 16.5. The Morgan fingerprint density at radius 2 is 1.96 bits per heavy atom. The number of anilines is 1. The fourth-order valence-corrected chi connectivity index (χ4v) is 3.79. The molecule has 2 aliphatic rings. The molecular weight excluding hydrogens is 344 g/mol. The average Bonchev–Trinajstić information content (AvgIpc) is 2.88. The molecule has 1 atom stereocenters. The lowest BCUT2D eigenvalue weighted by atomic mass is 10.1. The van der Waals surface area contributed by atoms with Crippen molar-refractivity contribution >= 4 is 17.5 Å².